The lowest BCUT2D eigenvalue weighted by atomic mass is 9.99. The Labute approximate surface area is 234 Å². The maximum absolute atomic E-state index is 13.7. The second-order valence-corrected chi connectivity index (χ2v) is 9.96. The molecule has 0 radical (unpaired) electrons. The number of para-hydroxylation sites is 1. The fourth-order valence-electron chi connectivity index (χ4n) is 5.57. The lowest BCUT2D eigenvalue weighted by molar-refractivity contribution is 0.0980. The highest BCUT2D eigenvalue weighted by Gasteiger charge is 2.37. The number of hydrogen-bond donors (Lipinski definition) is 2. The summed E-state index contributed by atoms with van der Waals surface area (Å²) >= 11 is 0. The van der Waals surface area contributed by atoms with E-state index in [0.29, 0.717) is 36.3 Å². The molecule has 1 fully saturated rings. The van der Waals surface area contributed by atoms with Gasteiger partial charge in [0.15, 0.2) is 0 Å². The highest BCUT2D eigenvalue weighted by molar-refractivity contribution is 6.10. The molecule has 0 aromatic heterocycles. The van der Waals surface area contributed by atoms with Crippen LogP contribution < -0.4 is 10.2 Å². The summed E-state index contributed by atoms with van der Waals surface area (Å²) in [6.07, 6.45) is 0.296. The van der Waals surface area contributed by atoms with Crippen molar-refractivity contribution in [3.05, 3.63) is 120 Å². The SMILES string of the molecule is Cl.O=C(Nc1ccc(C(=O)N2C[C@H]3C[C@@H](O)CN3Cc3ccccc32)cc1)c1ccccc1-c1ccccc1. The van der Waals surface area contributed by atoms with Gasteiger partial charge in [-0.25, -0.2) is 0 Å². The smallest absolute Gasteiger partial charge is 0.258 e. The van der Waals surface area contributed by atoms with Gasteiger partial charge < -0.3 is 15.3 Å². The minimum atomic E-state index is -0.364. The molecule has 0 saturated carbocycles. The average molecular weight is 540 g/mol. The number of nitrogens with zero attached hydrogens (tertiary/aromatic N) is 2. The van der Waals surface area contributed by atoms with E-state index in [2.05, 4.69) is 16.3 Å². The van der Waals surface area contributed by atoms with E-state index in [-0.39, 0.29) is 36.4 Å². The van der Waals surface area contributed by atoms with Gasteiger partial charge in [0.25, 0.3) is 11.8 Å². The lowest BCUT2D eigenvalue weighted by Gasteiger charge is -2.26. The Morgan fingerprint density at radius 3 is 2.28 bits per heavy atom. The summed E-state index contributed by atoms with van der Waals surface area (Å²) in [7, 11) is 0. The fourth-order valence-corrected chi connectivity index (χ4v) is 5.57. The Morgan fingerprint density at radius 1 is 0.795 bits per heavy atom. The topological polar surface area (TPSA) is 72.9 Å². The minimum absolute atomic E-state index is 0. The van der Waals surface area contributed by atoms with E-state index in [1.165, 1.54) is 0 Å². The fraction of sp³-hybridized carbons (Fsp3) is 0.188. The second kappa shape index (κ2) is 11.4. The Morgan fingerprint density at radius 2 is 1.49 bits per heavy atom. The van der Waals surface area contributed by atoms with Crippen LogP contribution in [0.4, 0.5) is 11.4 Å². The average Bonchev–Trinajstić information content (AvgIpc) is 3.23. The van der Waals surface area contributed by atoms with Gasteiger partial charge in [0.1, 0.15) is 0 Å². The van der Waals surface area contributed by atoms with Crippen LogP contribution in [0.5, 0.6) is 0 Å². The first-order valence-electron chi connectivity index (χ1n) is 12.9. The van der Waals surface area contributed by atoms with Crippen molar-refractivity contribution in [2.75, 3.05) is 23.3 Å². The van der Waals surface area contributed by atoms with Gasteiger partial charge in [-0.3, -0.25) is 14.5 Å². The molecular weight excluding hydrogens is 510 g/mol. The first kappa shape index (κ1) is 26.6. The largest absolute Gasteiger partial charge is 0.392 e. The summed E-state index contributed by atoms with van der Waals surface area (Å²) in [5, 5.41) is 13.2. The first-order chi connectivity index (χ1) is 18.6. The molecule has 0 unspecified atom stereocenters. The molecule has 4 aromatic rings. The third kappa shape index (κ3) is 5.45. The normalized spacial score (nSPS) is 18.3. The van der Waals surface area contributed by atoms with Crippen molar-refractivity contribution in [1.82, 2.24) is 4.90 Å². The van der Waals surface area contributed by atoms with Gasteiger partial charge in [-0.05, 0) is 59.5 Å². The summed E-state index contributed by atoms with van der Waals surface area (Å²) in [6.45, 7) is 1.88. The molecule has 6 nitrogen and oxygen atoms in total. The van der Waals surface area contributed by atoms with E-state index < -0.39 is 0 Å². The number of benzene rings is 4. The van der Waals surface area contributed by atoms with E-state index >= 15 is 0 Å². The molecule has 7 heteroatoms. The number of hydrogen-bond acceptors (Lipinski definition) is 4. The number of carbonyl (C=O) groups excluding carboxylic acids is 2. The maximum atomic E-state index is 13.7. The van der Waals surface area contributed by atoms with Crippen molar-refractivity contribution in [2.45, 2.75) is 25.1 Å². The summed E-state index contributed by atoms with van der Waals surface area (Å²) in [5.41, 5.74) is 5.59. The third-order valence-corrected chi connectivity index (χ3v) is 7.45. The van der Waals surface area contributed by atoms with Crippen LogP contribution in [-0.2, 0) is 6.54 Å². The molecule has 0 spiro atoms. The predicted octanol–water partition coefficient (Wildman–Crippen LogP) is 5.62. The molecule has 2 heterocycles. The van der Waals surface area contributed by atoms with Gasteiger partial charge in [-0.15, -0.1) is 12.4 Å². The van der Waals surface area contributed by atoms with Crippen LogP contribution in [0.2, 0.25) is 0 Å². The molecule has 6 rings (SSSR count). The standard InChI is InChI=1S/C32H29N3O3.ClH/c36-27-18-26-20-35(30-13-7-4-10-24(30)19-34(26)21-27)32(38)23-14-16-25(17-15-23)33-31(37)29-12-6-5-11-28(29)22-8-2-1-3-9-22;/h1-17,26-27,36H,18-21H2,(H,33,37);1H/t26-,27-;/m1./s1. The molecule has 4 aromatic carbocycles. The second-order valence-electron chi connectivity index (χ2n) is 9.96. The molecule has 1 saturated heterocycles. The summed E-state index contributed by atoms with van der Waals surface area (Å²) in [4.78, 5) is 31.0. The summed E-state index contributed by atoms with van der Waals surface area (Å²) in [5.74, 6) is -0.294. The molecular formula is C32H30ClN3O3. The molecule has 0 aliphatic carbocycles. The lowest BCUT2D eigenvalue weighted by Crippen LogP contribution is -2.40. The van der Waals surface area contributed by atoms with Gasteiger partial charge in [-0.1, -0.05) is 66.7 Å². The number of carbonyl (C=O) groups is 2. The molecule has 0 bridgehead atoms. The van der Waals surface area contributed by atoms with Crippen LogP contribution in [0, 0.1) is 0 Å². The number of amides is 2. The minimum Gasteiger partial charge on any atom is -0.392 e. The molecule has 2 aliphatic rings. The van der Waals surface area contributed by atoms with E-state index in [4.69, 9.17) is 0 Å². The summed E-state index contributed by atoms with van der Waals surface area (Å²) < 4.78 is 0. The number of aliphatic hydroxyl groups is 1. The molecule has 2 N–H and O–H groups in total. The summed E-state index contributed by atoms with van der Waals surface area (Å²) in [6, 6.07) is 32.5. The van der Waals surface area contributed by atoms with Crippen molar-refractivity contribution in [3.8, 4) is 11.1 Å². The van der Waals surface area contributed by atoms with Gasteiger partial charge in [-0.2, -0.15) is 0 Å². The van der Waals surface area contributed by atoms with Gasteiger partial charge >= 0.3 is 0 Å². The van der Waals surface area contributed by atoms with Crippen LogP contribution >= 0.6 is 12.4 Å². The van der Waals surface area contributed by atoms with E-state index in [1.807, 2.05) is 77.7 Å². The monoisotopic (exact) mass is 539 g/mol. The van der Waals surface area contributed by atoms with Crippen molar-refractivity contribution in [3.63, 3.8) is 0 Å². The van der Waals surface area contributed by atoms with Crippen LogP contribution in [0.1, 0.15) is 32.7 Å². The van der Waals surface area contributed by atoms with Gasteiger partial charge in [0, 0.05) is 48.2 Å². The quantitative estimate of drug-likeness (QED) is 0.353. The zero-order chi connectivity index (χ0) is 26.1. The highest BCUT2D eigenvalue weighted by Crippen LogP contribution is 2.33. The number of halogens is 1. The molecule has 2 atom stereocenters. The third-order valence-electron chi connectivity index (χ3n) is 7.45. The number of aliphatic hydroxyl groups excluding tert-OH is 1. The first-order valence-corrected chi connectivity index (χ1v) is 12.9. The zero-order valence-electron chi connectivity index (χ0n) is 21.4. The highest BCUT2D eigenvalue weighted by atomic mass is 35.5. The number of rotatable bonds is 4. The Hall–Kier alpha value is -3.97. The molecule has 39 heavy (non-hydrogen) atoms. The van der Waals surface area contributed by atoms with Crippen molar-refractivity contribution in [1.29, 1.82) is 0 Å². The maximum Gasteiger partial charge on any atom is 0.258 e. The van der Waals surface area contributed by atoms with Crippen molar-refractivity contribution in [2.24, 2.45) is 0 Å². The van der Waals surface area contributed by atoms with E-state index in [1.54, 1.807) is 24.3 Å². The van der Waals surface area contributed by atoms with Crippen LogP contribution in [0.25, 0.3) is 11.1 Å². The van der Waals surface area contributed by atoms with E-state index in [0.717, 1.165) is 28.9 Å². The van der Waals surface area contributed by atoms with E-state index in [9.17, 15) is 14.7 Å². The Kier molecular flexibility index (Phi) is 7.79. The Balaban J connectivity index is 0.00000308. The van der Waals surface area contributed by atoms with Crippen molar-refractivity contribution >= 4 is 35.6 Å². The van der Waals surface area contributed by atoms with Gasteiger partial charge in [0.05, 0.1) is 6.10 Å². The van der Waals surface area contributed by atoms with Gasteiger partial charge in [0.2, 0.25) is 0 Å². The van der Waals surface area contributed by atoms with Crippen LogP contribution in [0.3, 0.4) is 0 Å². The molecule has 2 aliphatic heterocycles. The zero-order valence-corrected chi connectivity index (χ0v) is 22.2. The molecule has 198 valence electrons. The number of nitrogens with one attached hydrogen (secondary N) is 1. The number of anilines is 2. The number of fused-ring (bicyclic) bond motifs is 2. The van der Waals surface area contributed by atoms with Crippen LogP contribution in [-0.4, -0.2) is 47.1 Å². The predicted molar refractivity (Wildman–Crippen MR) is 156 cm³/mol. The van der Waals surface area contributed by atoms with Crippen LogP contribution in [0.15, 0.2) is 103 Å². The molecule has 2 amide bonds. The Bertz CT molecular complexity index is 1480. The van der Waals surface area contributed by atoms with Crippen molar-refractivity contribution < 1.29 is 14.7 Å².